The Morgan fingerprint density at radius 3 is 2.52 bits per heavy atom. The van der Waals surface area contributed by atoms with Crippen molar-refractivity contribution in [3.8, 4) is 0 Å². The van der Waals surface area contributed by atoms with Crippen LogP contribution in [-0.4, -0.2) is 36.5 Å². The van der Waals surface area contributed by atoms with E-state index < -0.39 is 23.4 Å². The molecule has 1 N–H and O–H groups in total. The second-order valence-electron chi connectivity index (χ2n) is 7.10. The molecule has 2 aromatic carbocycles. The summed E-state index contributed by atoms with van der Waals surface area (Å²) in [5, 5.41) is 14.1. The highest BCUT2D eigenvalue weighted by atomic mass is 16.6. The van der Waals surface area contributed by atoms with E-state index in [0.717, 1.165) is 37.1 Å². The van der Waals surface area contributed by atoms with E-state index >= 15 is 0 Å². The van der Waals surface area contributed by atoms with Crippen molar-refractivity contribution >= 4 is 28.9 Å². The van der Waals surface area contributed by atoms with Gasteiger partial charge >= 0.3 is 5.97 Å². The normalized spacial score (nSPS) is 13.2. The summed E-state index contributed by atoms with van der Waals surface area (Å²) >= 11 is 0. The maximum atomic E-state index is 12.3. The minimum Gasteiger partial charge on any atom is -0.452 e. The number of hydrogen-bond donors (Lipinski definition) is 1. The van der Waals surface area contributed by atoms with E-state index in [-0.39, 0.29) is 11.3 Å². The summed E-state index contributed by atoms with van der Waals surface area (Å²) in [6, 6.07) is 9.85. The van der Waals surface area contributed by atoms with E-state index in [1.165, 1.54) is 12.1 Å². The number of aryl methyl sites for hydroxylation is 2. The van der Waals surface area contributed by atoms with Gasteiger partial charge in [0.25, 0.3) is 11.6 Å². The highest BCUT2D eigenvalue weighted by Gasteiger charge is 2.24. The van der Waals surface area contributed by atoms with E-state index in [1.54, 1.807) is 12.1 Å². The molecule has 1 fully saturated rings. The topological polar surface area (TPSA) is 102 Å². The first-order valence-corrected chi connectivity index (χ1v) is 9.43. The van der Waals surface area contributed by atoms with Gasteiger partial charge in [0.05, 0.1) is 10.5 Å². The zero-order chi connectivity index (χ0) is 21.0. The van der Waals surface area contributed by atoms with Gasteiger partial charge in [-0.2, -0.15) is 0 Å². The molecule has 1 heterocycles. The molecule has 0 radical (unpaired) electrons. The van der Waals surface area contributed by atoms with Crippen molar-refractivity contribution in [1.29, 1.82) is 0 Å². The molecular weight excluding hydrogens is 374 g/mol. The zero-order valence-corrected chi connectivity index (χ0v) is 16.4. The van der Waals surface area contributed by atoms with Crippen molar-refractivity contribution in [1.82, 2.24) is 0 Å². The van der Waals surface area contributed by atoms with E-state index in [4.69, 9.17) is 4.74 Å². The van der Waals surface area contributed by atoms with Crippen LogP contribution in [0.5, 0.6) is 0 Å². The van der Waals surface area contributed by atoms with Crippen molar-refractivity contribution in [2.75, 3.05) is 29.9 Å². The summed E-state index contributed by atoms with van der Waals surface area (Å²) in [6.07, 6.45) is 1.97. The van der Waals surface area contributed by atoms with Crippen molar-refractivity contribution in [2.24, 2.45) is 0 Å². The van der Waals surface area contributed by atoms with Crippen LogP contribution in [0, 0.1) is 24.0 Å². The van der Waals surface area contributed by atoms with Crippen LogP contribution in [0.3, 0.4) is 0 Å². The van der Waals surface area contributed by atoms with Gasteiger partial charge in [-0.15, -0.1) is 0 Å². The molecule has 0 saturated carbocycles. The molecule has 8 nitrogen and oxygen atoms in total. The molecule has 0 aromatic heterocycles. The van der Waals surface area contributed by atoms with Crippen LogP contribution in [0.2, 0.25) is 0 Å². The summed E-state index contributed by atoms with van der Waals surface area (Å²) in [5.41, 5.74) is 3.02. The summed E-state index contributed by atoms with van der Waals surface area (Å²) in [5.74, 6) is -1.26. The number of nitrogens with one attached hydrogen (secondary N) is 1. The number of carbonyl (C=O) groups is 2. The summed E-state index contributed by atoms with van der Waals surface area (Å²) in [6.45, 7) is 4.85. The highest BCUT2D eigenvalue weighted by molar-refractivity contribution is 5.96. The Labute approximate surface area is 168 Å². The third-order valence-corrected chi connectivity index (χ3v) is 4.84. The van der Waals surface area contributed by atoms with E-state index in [2.05, 4.69) is 5.32 Å². The molecule has 3 rings (SSSR count). The molecule has 8 heteroatoms. The van der Waals surface area contributed by atoms with Crippen molar-refractivity contribution in [3.05, 3.63) is 63.2 Å². The molecule has 29 heavy (non-hydrogen) atoms. The predicted octanol–water partition coefficient (Wildman–Crippen LogP) is 3.61. The van der Waals surface area contributed by atoms with Gasteiger partial charge in [-0.05, 0) is 50.5 Å². The van der Waals surface area contributed by atoms with E-state index in [9.17, 15) is 19.7 Å². The predicted molar refractivity (Wildman–Crippen MR) is 109 cm³/mol. The molecule has 152 valence electrons. The Bertz CT molecular complexity index is 951. The molecule has 0 bridgehead atoms. The molecule has 0 spiro atoms. The molecule has 2 aromatic rings. The number of nitro groups is 1. The molecule has 0 unspecified atom stereocenters. The Morgan fingerprint density at radius 2 is 1.86 bits per heavy atom. The number of hydrogen-bond acceptors (Lipinski definition) is 6. The first-order chi connectivity index (χ1) is 13.8. The monoisotopic (exact) mass is 397 g/mol. The first kappa shape index (κ1) is 20.3. The number of rotatable bonds is 6. The van der Waals surface area contributed by atoms with Crippen molar-refractivity contribution in [3.63, 3.8) is 0 Å². The molecule has 0 atom stereocenters. The number of nitro benzene ring substituents is 1. The van der Waals surface area contributed by atoms with Crippen LogP contribution >= 0.6 is 0 Å². The van der Waals surface area contributed by atoms with Crippen LogP contribution in [0.25, 0.3) is 0 Å². The van der Waals surface area contributed by atoms with Gasteiger partial charge in [-0.25, -0.2) is 4.79 Å². The zero-order valence-electron chi connectivity index (χ0n) is 16.4. The third-order valence-electron chi connectivity index (χ3n) is 4.84. The maximum absolute atomic E-state index is 12.3. The molecular formula is C21H23N3O5. The number of amides is 1. The van der Waals surface area contributed by atoms with Gasteiger partial charge in [0.15, 0.2) is 6.61 Å². The van der Waals surface area contributed by atoms with Gasteiger partial charge in [-0.1, -0.05) is 17.7 Å². The van der Waals surface area contributed by atoms with Crippen LogP contribution in [0.15, 0.2) is 36.4 Å². The smallest absolute Gasteiger partial charge is 0.338 e. The number of ether oxygens (including phenoxy) is 1. The Balaban J connectivity index is 1.64. The lowest BCUT2D eigenvalue weighted by Gasteiger charge is -2.17. The molecule has 0 aliphatic carbocycles. The fraction of sp³-hybridized carbons (Fsp3) is 0.333. The standard InChI is InChI=1S/C21H23N3O5/c1-14-5-7-17(15(2)11-14)22-20(25)13-29-21(26)16-6-8-18(19(12-16)24(27)28)23-9-3-4-10-23/h5-8,11-12H,3-4,9-10,13H2,1-2H3,(H,22,25). The summed E-state index contributed by atoms with van der Waals surface area (Å²) < 4.78 is 5.04. The lowest BCUT2D eigenvalue weighted by Crippen LogP contribution is -2.22. The first-order valence-electron chi connectivity index (χ1n) is 9.43. The fourth-order valence-electron chi connectivity index (χ4n) is 3.38. The Hall–Kier alpha value is -3.42. The van der Waals surface area contributed by atoms with Crippen LogP contribution < -0.4 is 10.2 Å². The largest absolute Gasteiger partial charge is 0.452 e. The van der Waals surface area contributed by atoms with Gasteiger partial charge < -0.3 is 15.0 Å². The van der Waals surface area contributed by atoms with Gasteiger partial charge in [0, 0.05) is 24.8 Å². The fourth-order valence-corrected chi connectivity index (χ4v) is 3.38. The van der Waals surface area contributed by atoms with Crippen molar-refractivity contribution in [2.45, 2.75) is 26.7 Å². The summed E-state index contributed by atoms with van der Waals surface area (Å²) in [7, 11) is 0. The van der Waals surface area contributed by atoms with Crippen LogP contribution in [0.4, 0.5) is 17.1 Å². The van der Waals surface area contributed by atoms with Crippen LogP contribution in [0.1, 0.15) is 34.3 Å². The second-order valence-corrected chi connectivity index (χ2v) is 7.10. The SMILES string of the molecule is Cc1ccc(NC(=O)COC(=O)c2ccc(N3CCCC3)c([N+](=O)[O-])c2)c(C)c1. The van der Waals surface area contributed by atoms with E-state index in [1.807, 2.05) is 30.9 Å². The van der Waals surface area contributed by atoms with Gasteiger partial charge in [-0.3, -0.25) is 14.9 Å². The minimum atomic E-state index is -0.781. The van der Waals surface area contributed by atoms with Crippen molar-refractivity contribution < 1.29 is 19.2 Å². The number of anilines is 2. The highest BCUT2D eigenvalue weighted by Crippen LogP contribution is 2.31. The Morgan fingerprint density at radius 1 is 1.14 bits per heavy atom. The number of benzene rings is 2. The third kappa shape index (κ3) is 4.90. The lowest BCUT2D eigenvalue weighted by molar-refractivity contribution is -0.384. The summed E-state index contributed by atoms with van der Waals surface area (Å²) in [4.78, 5) is 37.2. The minimum absolute atomic E-state index is 0.0407. The van der Waals surface area contributed by atoms with E-state index in [0.29, 0.717) is 11.4 Å². The molecule has 1 aliphatic heterocycles. The quantitative estimate of drug-likeness (QED) is 0.454. The molecule has 1 aliphatic rings. The van der Waals surface area contributed by atoms with Crippen LogP contribution in [-0.2, 0) is 9.53 Å². The lowest BCUT2D eigenvalue weighted by atomic mass is 10.1. The second kappa shape index (κ2) is 8.72. The van der Waals surface area contributed by atoms with Gasteiger partial charge in [0.2, 0.25) is 0 Å². The Kier molecular flexibility index (Phi) is 6.11. The molecule has 1 saturated heterocycles. The van der Waals surface area contributed by atoms with Gasteiger partial charge in [0.1, 0.15) is 5.69 Å². The number of nitrogens with zero attached hydrogens (tertiary/aromatic N) is 2. The average Bonchev–Trinajstić information content (AvgIpc) is 3.22. The maximum Gasteiger partial charge on any atom is 0.338 e. The molecule has 1 amide bonds. The average molecular weight is 397 g/mol. The number of carbonyl (C=O) groups excluding carboxylic acids is 2. The number of esters is 1.